The number of rotatable bonds is 3. The molecule has 0 N–H and O–H groups in total. The first kappa shape index (κ1) is 12.8. The van der Waals surface area contributed by atoms with Crippen molar-refractivity contribution in [2.24, 2.45) is 0 Å². The predicted molar refractivity (Wildman–Crippen MR) is 63.8 cm³/mol. The predicted octanol–water partition coefficient (Wildman–Crippen LogP) is 4.43. The average molecular weight is 287 g/mol. The van der Waals surface area contributed by atoms with E-state index >= 15 is 0 Å². The maximum absolute atomic E-state index is 10.3. The third kappa shape index (κ3) is 3.08. The van der Waals surface area contributed by atoms with E-state index in [0.717, 1.165) is 11.3 Å². The van der Waals surface area contributed by atoms with Gasteiger partial charge in [0.2, 0.25) is 5.70 Å². The summed E-state index contributed by atoms with van der Waals surface area (Å²) in [6.07, 6.45) is 1.77. The minimum atomic E-state index is -0.463. The molecule has 0 bridgehead atoms. The zero-order valence-electron chi connectivity index (χ0n) is 7.59. The van der Waals surface area contributed by atoms with Crippen molar-refractivity contribution in [2.45, 2.75) is 13.3 Å². The Labute approximate surface area is 105 Å². The molecule has 0 aliphatic rings. The fourth-order valence-electron chi connectivity index (χ4n) is 0.884. The maximum atomic E-state index is 10.3. The van der Waals surface area contributed by atoms with Crippen LogP contribution in [0.5, 0.6) is 0 Å². The fraction of sp³-hybridized carbons (Fsp3) is 0.250. The molecule has 0 amide bonds. The van der Waals surface area contributed by atoms with Crippen molar-refractivity contribution in [1.82, 2.24) is 0 Å². The molecule has 0 unspecified atom stereocenters. The van der Waals surface area contributed by atoms with Gasteiger partial charge in [0.25, 0.3) is 0 Å². The molecule has 0 aromatic carbocycles. The molecule has 82 valence electrons. The molecule has 1 aromatic heterocycles. The highest BCUT2D eigenvalue weighted by Gasteiger charge is 2.13. The van der Waals surface area contributed by atoms with Gasteiger partial charge in [0.05, 0.1) is 14.3 Å². The van der Waals surface area contributed by atoms with Crippen molar-refractivity contribution in [3.05, 3.63) is 41.1 Å². The van der Waals surface area contributed by atoms with Gasteiger partial charge in [0.1, 0.15) is 4.34 Å². The standard InChI is InChI=1S/C8H6Cl3NO2S/c1-4(12(13)14)2-3-5-6(9)8(11)15-7(5)10/h2H,3H2,1H3/b4-2+. The molecule has 0 saturated heterocycles. The number of thiophene rings is 1. The highest BCUT2D eigenvalue weighted by Crippen LogP contribution is 2.40. The summed E-state index contributed by atoms with van der Waals surface area (Å²) in [6, 6.07) is 0. The first-order valence-electron chi connectivity index (χ1n) is 3.86. The summed E-state index contributed by atoms with van der Waals surface area (Å²) in [6.45, 7) is 1.41. The van der Waals surface area contributed by atoms with Gasteiger partial charge in [-0.25, -0.2) is 0 Å². The summed E-state index contributed by atoms with van der Waals surface area (Å²) in [5.41, 5.74) is 0.694. The Morgan fingerprint density at radius 1 is 1.47 bits per heavy atom. The van der Waals surface area contributed by atoms with Gasteiger partial charge in [-0.2, -0.15) is 0 Å². The molecule has 0 aliphatic carbocycles. The molecule has 0 radical (unpaired) electrons. The van der Waals surface area contributed by atoms with Gasteiger partial charge in [-0.3, -0.25) is 10.1 Å². The lowest BCUT2D eigenvalue weighted by atomic mass is 10.2. The molecule has 1 heterocycles. The van der Waals surface area contributed by atoms with Crippen LogP contribution in [0.2, 0.25) is 13.7 Å². The monoisotopic (exact) mass is 285 g/mol. The van der Waals surface area contributed by atoms with E-state index in [4.69, 9.17) is 34.8 Å². The van der Waals surface area contributed by atoms with Crippen LogP contribution in [0.3, 0.4) is 0 Å². The molecule has 1 rings (SSSR count). The van der Waals surface area contributed by atoms with Crippen LogP contribution in [0.4, 0.5) is 0 Å². The number of hydrogen-bond acceptors (Lipinski definition) is 3. The average Bonchev–Trinajstić information content (AvgIpc) is 2.38. The maximum Gasteiger partial charge on any atom is 0.239 e. The van der Waals surface area contributed by atoms with Crippen LogP contribution in [-0.2, 0) is 6.42 Å². The van der Waals surface area contributed by atoms with Crippen molar-refractivity contribution in [3.63, 3.8) is 0 Å². The third-order valence-corrected chi connectivity index (χ3v) is 4.06. The Morgan fingerprint density at radius 3 is 2.47 bits per heavy atom. The molecule has 0 fully saturated rings. The highest BCUT2D eigenvalue weighted by molar-refractivity contribution is 7.20. The fourth-order valence-corrected chi connectivity index (χ4v) is 2.82. The van der Waals surface area contributed by atoms with E-state index in [-0.39, 0.29) is 5.70 Å². The molecular weight excluding hydrogens is 281 g/mol. The molecule has 7 heteroatoms. The first-order chi connectivity index (χ1) is 6.93. The Hall–Kier alpha value is -0.290. The molecule has 15 heavy (non-hydrogen) atoms. The Morgan fingerprint density at radius 2 is 2.07 bits per heavy atom. The summed E-state index contributed by atoms with van der Waals surface area (Å²) in [7, 11) is 0. The van der Waals surface area contributed by atoms with Crippen LogP contribution < -0.4 is 0 Å². The molecule has 0 spiro atoms. The van der Waals surface area contributed by atoms with Crippen molar-refractivity contribution in [3.8, 4) is 0 Å². The van der Waals surface area contributed by atoms with Crippen molar-refractivity contribution < 1.29 is 4.92 Å². The van der Waals surface area contributed by atoms with Gasteiger partial charge in [0.15, 0.2) is 0 Å². The van der Waals surface area contributed by atoms with Gasteiger partial charge in [-0.1, -0.05) is 34.8 Å². The van der Waals surface area contributed by atoms with Gasteiger partial charge in [-0.15, -0.1) is 11.3 Å². The molecular formula is C8H6Cl3NO2S. The Kier molecular flexibility index (Phi) is 4.40. The van der Waals surface area contributed by atoms with Gasteiger partial charge >= 0.3 is 0 Å². The smallest absolute Gasteiger partial charge is 0.239 e. The lowest BCUT2D eigenvalue weighted by molar-refractivity contribution is -0.424. The topological polar surface area (TPSA) is 43.1 Å². The zero-order chi connectivity index (χ0) is 11.6. The lowest BCUT2D eigenvalue weighted by Gasteiger charge is -1.94. The highest BCUT2D eigenvalue weighted by atomic mass is 35.5. The minimum absolute atomic E-state index is 0.0597. The van der Waals surface area contributed by atoms with E-state index in [2.05, 4.69) is 0 Å². The number of nitrogens with zero attached hydrogens (tertiary/aromatic N) is 1. The Bertz CT molecular complexity index is 428. The van der Waals surface area contributed by atoms with Gasteiger partial charge in [0, 0.05) is 18.9 Å². The van der Waals surface area contributed by atoms with E-state index in [0.29, 0.717) is 25.7 Å². The van der Waals surface area contributed by atoms with Crippen molar-refractivity contribution in [2.75, 3.05) is 0 Å². The number of allylic oxidation sites excluding steroid dienone is 2. The lowest BCUT2D eigenvalue weighted by Crippen LogP contribution is -1.94. The normalized spacial score (nSPS) is 11.9. The summed E-state index contributed by atoms with van der Waals surface area (Å²) in [5, 5.41) is 10.7. The summed E-state index contributed by atoms with van der Waals surface area (Å²) < 4.78 is 0.876. The van der Waals surface area contributed by atoms with Crippen LogP contribution in [0.1, 0.15) is 12.5 Å². The van der Waals surface area contributed by atoms with Crippen LogP contribution in [0, 0.1) is 10.1 Å². The van der Waals surface area contributed by atoms with Crippen LogP contribution >= 0.6 is 46.1 Å². The van der Waals surface area contributed by atoms with Crippen LogP contribution in [0.25, 0.3) is 0 Å². The molecule has 3 nitrogen and oxygen atoms in total. The van der Waals surface area contributed by atoms with E-state index in [1.165, 1.54) is 13.0 Å². The van der Waals surface area contributed by atoms with Gasteiger partial charge < -0.3 is 0 Å². The molecule has 0 aliphatic heterocycles. The van der Waals surface area contributed by atoms with Crippen LogP contribution in [-0.4, -0.2) is 4.92 Å². The molecule has 1 aromatic rings. The largest absolute Gasteiger partial charge is 0.259 e. The minimum Gasteiger partial charge on any atom is -0.259 e. The summed E-state index contributed by atoms with van der Waals surface area (Å²) >= 11 is 18.7. The number of hydrogen-bond donors (Lipinski definition) is 0. The van der Waals surface area contributed by atoms with Crippen molar-refractivity contribution in [1.29, 1.82) is 0 Å². The SMILES string of the molecule is C/C(=C\Cc1c(Cl)sc(Cl)c1Cl)[N+](=O)[O-]. The number of nitro groups is 1. The van der Waals surface area contributed by atoms with E-state index in [1.807, 2.05) is 0 Å². The second-order valence-corrected chi connectivity index (χ2v) is 5.35. The zero-order valence-corrected chi connectivity index (χ0v) is 10.7. The second-order valence-electron chi connectivity index (χ2n) is 2.75. The number of halogens is 3. The van der Waals surface area contributed by atoms with E-state index < -0.39 is 4.92 Å². The summed E-state index contributed by atoms with van der Waals surface area (Å²) in [5.74, 6) is 0. The quantitative estimate of drug-likeness (QED) is 0.609. The summed E-state index contributed by atoms with van der Waals surface area (Å²) in [4.78, 5) is 9.88. The van der Waals surface area contributed by atoms with Crippen molar-refractivity contribution >= 4 is 46.1 Å². The Balaban J connectivity index is 2.91. The second kappa shape index (κ2) is 5.16. The first-order valence-corrected chi connectivity index (χ1v) is 5.81. The van der Waals surface area contributed by atoms with E-state index in [9.17, 15) is 10.1 Å². The van der Waals surface area contributed by atoms with Crippen LogP contribution in [0.15, 0.2) is 11.8 Å². The van der Waals surface area contributed by atoms with E-state index in [1.54, 1.807) is 0 Å². The molecule has 0 saturated carbocycles. The molecule has 0 atom stereocenters. The third-order valence-electron chi connectivity index (χ3n) is 1.74. The van der Waals surface area contributed by atoms with Gasteiger partial charge in [-0.05, 0) is 6.08 Å².